The van der Waals surface area contributed by atoms with Crippen molar-refractivity contribution in [2.75, 3.05) is 14.2 Å². The molecule has 0 bridgehead atoms. The molecule has 150 valence electrons. The molecule has 1 aliphatic heterocycles. The Labute approximate surface area is 173 Å². The number of allylic oxidation sites excluding steroid dienone is 1. The number of esters is 1. The summed E-state index contributed by atoms with van der Waals surface area (Å²) in [5.74, 6) is 1.29. The topological polar surface area (TPSA) is 71.1 Å². The molecule has 0 fully saturated rings. The molecule has 0 N–H and O–H groups in total. The summed E-state index contributed by atoms with van der Waals surface area (Å²) >= 11 is 0. The number of ether oxygens (including phenoxy) is 4. The summed E-state index contributed by atoms with van der Waals surface area (Å²) in [7, 11) is 3.11. The van der Waals surface area contributed by atoms with Crippen molar-refractivity contribution in [1.29, 1.82) is 0 Å². The third kappa shape index (κ3) is 3.75. The average Bonchev–Trinajstić information content (AvgIpc) is 3.08. The number of methoxy groups -OCH3 is 2. The van der Waals surface area contributed by atoms with Gasteiger partial charge in [-0.05, 0) is 48.5 Å². The first-order valence-corrected chi connectivity index (χ1v) is 9.16. The van der Waals surface area contributed by atoms with Crippen LogP contribution in [0, 0.1) is 0 Å². The highest BCUT2D eigenvalue weighted by Gasteiger charge is 2.28. The van der Waals surface area contributed by atoms with E-state index in [4.69, 9.17) is 18.9 Å². The molecule has 0 amide bonds. The quantitative estimate of drug-likeness (QED) is 0.355. The minimum atomic E-state index is -0.522. The van der Waals surface area contributed by atoms with Crippen LogP contribution in [0.25, 0.3) is 6.08 Å². The number of rotatable bonds is 5. The predicted molar refractivity (Wildman–Crippen MR) is 110 cm³/mol. The monoisotopic (exact) mass is 402 g/mol. The Morgan fingerprint density at radius 2 is 1.63 bits per heavy atom. The number of Topliss-reactive ketones (excluding diaryl/α,β-unsaturated/α-hetero) is 1. The average molecular weight is 402 g/mol. The van der Waals surface area contributed by atoms with E-state index in [9.17, 15) is 9.59 Å². The van der Waals surface area contributed by atoms with Crippen LogP contribution in [-0.2, 0) is 0 Å². The van der Waals surface area contributed by atoms with Gasteiger partial charge in [-0.2, -0.15) is 0 Å². The summed E-state index contributed by atoms with van der Waals surface area (Å²) < 4.78 is 21.5. The van der Waals surface area contributed by atoms with Gasteiger partial charge in [0.2, 0.25) is 5.78 Å². The van der Waals surface area contributed by atoms with Crippen LogP contribution in [0.2, 0.25) is 0 Å². The van der Waals surface area contributed by atoms with Crippen LogP contribution in [0.1, 0.15) is 26.3 Å². The fourth-order valence-electron chi connectivity index (χ4n) is 3.05. The Bertz CT molecular complexity index is 1140. The minimum absolute atomic E-state index is 0.174. The fraction of sp³-hybridized carbons (Fsp3) is 0.0833. The van der Waals surface area contributed by atoms with Crippen molar-refractivity contribution in [1.82, 2.24) is 0 Å². The first-order valence-electron chi connectivity index (χ1n) is 9.16. The van der Waals surface area contributed by atoms with Crippen molar-refractivity contribution < 1.29 is 28.5 Å². The molecular formula is C24H18O6. The van der Waals surface area contributed by atoms with E-state index in [0.717, 1.165) is 5.56 Å². The van der Waals surface area contributed by atoms with Crippen LogP contribution in [0.4, 0.5) is 0 Å². The number of fused-ring (bicyclic) bond motifs is 1. The summed E-state index contributed by atoms with van der Waals surface area (Å²) in [6.45, 7) is 0. The van der Waals surface area contributed by atoms with Gasteiger partial charge in [-0.3, -0.25) is 4.79 Å². The molecule has 1 aliphatic rings. The molecule has 6 nitrogen and oxygen atoms in total. The van der Waals surface area contributed by atoms with Crippen molar-refractivity contribution >= 4 is 17.8 Å². The zero-order valence-electron chi connectivity index (χ0n) is 16.4. The number of carbonyl (C=O) groups excluding carboxylic acids is 2. The number of hydrogen-bond donors (Lipinski definition) is 0. The Kier molecular flexibility index (Phi) is 5.22. The second-order valence-corrected chi connectivity index (χ2v) is 6.46. The lowest BCUT2D eigenvalue weighted by Gasteiger charge is -2.06. The molecule has 1 heterocycles. The summed E-state index contributed by atoms with van der Waals surface area (Å²) in [6, 6.07) is 18.6. The van der Waals surface area contributed by atoms with Crippen molar-refractivity contribution in [2.45, 2.75) is 0 Å². The van der Waals surface area contributed by atoms with E-state index in [-0.39, 0.29) is 17.3 Å². The maximum absolute atomic E-state index is 12.7. The maximum Gasteiger partial charge on any atom is 0.343 e. The van der Waals surface area contributed by atoms with Gasteiger partial charge < -0.3 is 18.9 Å². The lowest BCUT2D eigenvalue weighted by Crippen LogP contribution is -2.08. The summed E-state index contributed by atoms with van der Waals surface area (Å²) in [6.07, 6.45) is 1.63. The van der Waals surface area contributed by atoms with Gasteiger partial charge >= 0.3 is 5.97 Å². The van der Waals surface area contributed by atoms with Crippen LogP contribution in [0.15, 0.2) is 72.5 Å². The number of carbonyl (C=O) groups is 2. The first-order chi connectivity index (χ1) is 14.6. The molecule has 0 radical (unpaired) electrons. The molecule has 4 rings (SSSR count). The molecule has 0 aromatic heterocycles. The standard InChI is InChI=1S/C24H18O6/c1-27-17-9-7-15(8-10-17)24(26)29-18-11-12-19-21(14-18)30-22(23(19)25)13-16-5-3-4-6-20(16)28-2/h3-14H,1-2H3. The molecule has 0 spiro atoms. The van der Waals surface area contributed by atoms with Crippen LogP contribution >= 0.6 is 0 Å². The molecule has 3 aromatic rings. The van der Waals surface area contributed by atoms with Crippen molar-refractivity contribution in [3.63, 3.8) is 0 Å². The zero-order chi connectivity index (χ0) is 21.1. The smallest absolute Gasteiger partial charge is 0.343 e. The molecule has 6 heteroatoms. The molecule has 3 aromatic carbocycles. The maximum atomic E-state index is 12.7. The largest absolute Gasteiger partial charge is 0.497 e. The van der Waals surface area contributed by atoms with Gasteiger partial charge in [-0.15, -0.1) is 0 Å². The second-order valence-electron chi connectivity index (χ2n) is 6.46. The summed E-state index contributed by atoms with van der Waals surface area (Å²) in [5.41, 5.74) is 1.51. The third-order valence-electron chi connectivity index (χ3n) is 4.60. The van der Waals surface area contributed by atoms with Crippen LogP contribution < -0.4 is 18.9 Å². The SMILES string of the molecule is COc1ccc(C(=O)Oc2ccc3c(c2)OC(=Cc2ccccc2OC)C3=O)cc1. The normalized spacial score (nSPS) is 13.5. The zero-order valence-corrected chi connectivity index (χ0v) is 16.4. The van der Waals surface area contributed by atoms with E-state index in [2.05, 4.69) is 0 Å². The van der Waals surface area contributed by atoms with Gasteiger partial charge in [0, 0.05) is 11.6 Å². The molecule has 30 heavy (non-hydrogen) atoms. The Morgan fingerprint density at radius 1 is 0.900 bits per heavy atom. The Morgan fingerprint density at radius 3 is 2.37 bits per heavy atom. The van der Waals surface area contributed by atoms with E-state index in [1.807, 2.05) is 18.2 Å². The third-order valence-corrected chi connectivity index (χ3v) is 4.60. The number of benzene rings is 3. The van der Waals surface area contributed by atoms with Crippen LogP contribution in [-0.4, -0.2) is 26.0 Å². The minimum Gasteiger partial charge on any atom is -0.497 e. The van der Waals surface area contributed by atoms with Gasteiger partial charge in [-0.25, -0.2) is 4.79 Å². The highest BCUT2D eigenvalue weighted by molar-refractivity contribution is 6.14. The van der Waals surface area contributed by atoms with Crippen molar-refractivity contribution in [3.05, 3.63) is 89.2 Å². The van der Waals surface area contributed by atoms with Gasteiger partial charge in [-0.1, -0.05) is 18.2 Å². The predicted octanol–water partition coefficient (Wildman–Crippen LogP) is 4.54. The molecule has 0 saturated carbocycles. The fourth-order valence-corrected chi connectivity index (χ4v) is 3.05. The van der Waals surface area contributed by atoms with Crippen LogP contribution in [0.5, 0.6) is 23.0 Å². The molecule has 0 aliphatic carbocycles. The van der Waals surface area contributed by atoms with Gasteiger partial charge in [0.05, 0.1) is 25.3 Å². The van der Waals surface area contributed by atoms with E-state index in [0.29, 0.717) is 28.4 Å². The number of hydrogen-bond acceptors (Lipinski definition) is 6. The van der Waals surface area contributed by atoms with E-state index >= 15 is 0 Å². The van der Waals surface area contributed by atoms with Gasteiger partial charge in [0.1, 0.15) is 23.0 Å². The van der Waals surface area contributed by atoms with Crippen molar-refractivity contribution in [2.24, 2.45) is 0 Å². The molecule has 0 saturated heterocycles. The van der Waals surface area contributed by atoms with Crippen molar-refractivity contribution in [3.8, 4) is 23.0 Å². The van der Waals surface area contributed by atoms with Gasteiger partial charge in [0.25, 0.3) is 0 Å². The van der Waals surface area contributed by atoms with E-state index in [1.54, 1.807) is 62.8 Å². The van der Waals surface area contributed by atoms with E-state index < -0.39 is 5.97 Å². The van der Waals surface area contributed by atoms with Gasteiger partial charge in [0.15, 0.2) is 5.76 Å². The number of para-hydroxylation sites is 1. The lowest BCUT2D eigenvalue weighted by atomic mass is 10.1. The second kappa shape index (κ2) is 8.13. The first kappa shape index (κ1) is 19.3. The highest BCUT2D eigenvalue weighted by Crippen LogP contribution is 2.36. The molecule has 0 unspecified atom stereocenters. The summed E-state index contributed by atoms with van der Waals surface area (Å²) in [4.78, 5) is 25.0. The number of ketones is 1. The molecule has 0 atom stereocenters. The lowest BCUT2D eigenvalue weighted by molar-refractivity contribution is 0.0734. The van der Waals surface area contributed by atoms with Crippen LogP contribution in [0.3, 0.4) is 0 Å². The molecular weight excluding hydrogens is 384 g/mol. The Hall–Kier alpha value is -4.06. The Balaban J connectivity index is 1.54. The highest BCUT2D eigenvalue weighted by atomic mass is 16.5. The van der Waals surface area contributed by atoms with E-state index in [1.165, 1.54) is 6.07 Å². The summed E-state index contributed by atoms with van der Waals surface area (Å²) in [5, 5.41) is 0.